The van der Waals surface area contributed by atoms with Gasteiger partial charge in [-0.2, -0.15) is 0 Å². The number of hydrogen-bond acceptors (Lipinski definition) is 5. The molecule has 94 valence electrons. The smallest absolute Gasteiger partial charge is 0.253 e. The first kappa shape index (κ1) is 12.3. The van der Waals surface area contributed by atoms with Crippen molar-refractivity contribution in [1.29, 1.82) is 0 Å². The predicted molar refractivity (Wildman–Crippen MR) is 58.5 cm³/mol. The van der Waals surface area contributed by atoms with Gasteiger partial charge in [-0.15, -0.1) is 0 Å². The lowest BCUT2D eigenvalue weighted by Gasteiger charge is -2.14. The lowest BCUT2D eigenvalue weighted by atomic mass is 10.0. The van der Waals surface area contributed by atoms with E-state index in [9.17, 15) is 15.0 Å². The van der Waals surface area contributed by atoms with Gasteiger partial charge < -0.3 is 25.0 Å². The second kappa shape index (κ2) is 4.58. The number of aromatic amines is 1. The van der Waals surface area contributed by atoms with Crippen LogP contribution in [0.3, 0.4) is 0 Å². The molecule has 4 atom stereocenters. The topological polar surface area (TPSA) is 103 Å². The van der Waals surface area contributed by atoms with E-state index < -0.39 is 31.0 Å². The first-order valence-electron chi connectivity index (χ1n) is 5.36. The molecule has 2 heterocycles. The number of aliphatic hydroxyl groups is 3. The Morgan fingerprint density at radius 1 is 1.41 bits per heavy atom. The van der Waals surface area contributed by atoms with Crippen molar-refractivity contribution in [3.8, 4) is 0 Å². The van der Waals surface area contributed by atoms with Gasteiger partial charge in [-0.05, 0) is 18.6 Å². The molecule has 4 unspecified atom stereocenters. The van der Waals surface area contributed by atoms with Crippen LogP contribution in [0.15, 0.2) is 17.1 Å². The Hall–Kier alpha value is -1.21. The highest BCUT2D eigenvalue weighted by Crippen LogP contribution is 2.31. The van der Waals surface area contributed by atoms with Crippen LogP contribution in [0.5, 0.6) is 0 Å². The van der Waals surface area contributed by atoms with Crippen LogP contribution in [0.2, 0.25) is 0 Å². The Kier molecular flexibility index (Phi) is 3.30. The van der Waals surface area contributed by atoms with Crippen molar-refractivity contribution in [1.82, 2.24) is 4.98 Å². The standard InChI is InChI=1S/C11H15NO5/c1-5-2-6(11(16)12-3-5)10-9(15)8(14)7(4-13)17-10/h2-3,7-10,13-15H,4H2,1H3,(H,12,16). The molecule has 0 bridgehead atoms. The van der Waals surface area contributed by atoms with Crippen LogP contribution < -0.4 is 5.56 Å². The molecule has 0 spiro atoms. The number of pyridine rings is 1. The van der Waals surface area contributed by atoms with Crippen LogP contribution in [0.25, 0.3) is 0 Å². The Bertz CT molecular complexity index is 457. The minimum absolute atomic E-state index is 0.257. The number of ether oxygens (including phenoxy) is 1. The second-order valence-electron chi connectivity index (χ2n) is 4.22. The normalized spacial score (nSPS) is 32.9. The third-order valence-electron chi connectivity index (χ3n) is 2.93. The fourth-order valence-corrected chi connectivity index (χ4v) is 1.98. The Morgan fingerprint density at radius 2 is 2.12 bits per heavy atom. The van der Waals surface area contributed by atoms with E-state index in [1.807, 2.05) is 0 Å². The Labute approximate surface area is 97.5 Å². The van der Waals surface area contributed by atoms with Crippen molar-refractivity contribution in [3.05, 3.63) is 33.7 Å². The summed E-state index contributed by atoms with van der Waals surface area (Å²) in [7, 11) is 0. The average molecular weight is 241 g/mol. The van der Waals surface area contributed by atoms with Gasteiger partial charge in [-0.25, -0.2) is 0 Å². The molecular formula is C11H15NO5. The van der Waals surface area contributed by atoms with E-state index in [4.69, 9.17) is 9.84 Å². The maximum Gasteiger partial charge on any atom is 0.253 e. The van der Waals surface area contributed by atoms with E-state index in [0.717, 1.165) is 5.56 Å². The summed E-state index contributed by atoms with van der Waals surface area (Å²) in [6.45, 7) is 1.39. The van der Waals surface area contributed by atoms with Crippen molar-refractivity contribution in [3.63, 3.8) is 0 Å². The SMILES string of the molecule is Cc1c[nH]c(=O)c(C2OC(CO)C(O)C2O)c1. The Balaban J connectivity index is 2.35. The second-order valence-corrected chi connectivity index (χ2v) is 4.22. The number of aliphatic hydroxyl groups excluding tert-OH is 3. The molecule has 2 rings (SSSR count). The fourth-order valence-electron chi connectivity index (χ4n) is 1.98. The molecule has 1 aromatic rings. The zero-order valence-corrected chi connectivity index (χ0v) is 9.33. The van der Waals surface area contributed by atoms with Gasteiger partial charge in [0.05, 0.1) is 6.61 Å². The molecule has 0 saturated carbocycles. The number of H-pyrrole nitrogens is 1. The minimum atomic E-state index is -1.21. The molecule has 0 aliphatic carbocycles. The van der Waals surface area contributed by atoms with Crippen molar-refractivity contribution in [2.75, 3.05) is 6.61 Å². The third kappa shape index (κ3) is 2.12. The first-order chi connectivity index (χ1) is 8.04. The molecule has 1 aromatic heterocycles. The molecule has 1 saturated heterocycles. The molecule has 6 heteroatoms. The van der Waals surface area contributed by atoms with Crippen LogP contribution in [-0.2, 0) is 4.74 Å². The van der Waals surface area contributed by atoms with Gasteiger partial charge in [0, 0.05) is 11.8 Å². The van der Waals surface area contributed by atoms with E-state index in [2.05, 4.69) is 4.98 Å². The zero-order valence-electron chi connectivity index (χ0n) is 9.33. The summed E-state index contributed by atoms with van der Waals surface area (Å²) in [6.07, 6.45) is -2.63. The summed E-state index contributed by atoms with van der Waals surface area (Å²) in [4.78, 5) is 14.1. The number of rotatable bonds is 2. The largest absolute Gasteiger partial charge is 0.394 e. The number of aryl methyl sites for hydroxylation is 1. The lowest BCUT2D eigenvalue weighted by molar-refractivity contribution is -0.0231. The zero-order chi connectivity index (χ0) is 12.6. The molecule has 0 amide bonds. The van der Waals surface area contributed by atoms with E-state index in [-0.39, 0.29) is 11.1 Å². The molecule has 4 N–H and O–H groups in total. The average Bonchev–Trinajstić information content (AvgIpc) is 2.59. The van der Waals surface area contributed by atoms with Gasteiger partial charge in [0.2, 0.25) is 0 Å². The lowest BCUT2D eigenvalue weighted by Crippen LogP contribution is -2.33. The van der Waals surface area contributed by atoms with E-state index in [1.54, 1.807) is 19.2 Å². The Morgan fingerprint density at radius 3 is 2.71 bits per heavy atom. The van der Waals surface area contributed by atoms with Gasteiger partial charge in [0.1, 0.15) is 24.4 Å². The van der Waals surface area contributed by atoms with Crippen LogP contribution in [0.1, 0.15) is 17.2 Å². The predicted octanol–water partition coefficient (Wildman–Crippen LogP) is -1.16. The quantitative estimate of drug-likeness (QED) is 0.523. The molecule has 1 aliphatic heterocycles. The molecule has 0 radical (unpaired) electrons. The highest BCUT2D eigenvalue weighted by atomic mass is 16.6. The number of nitrogens with one attached hydrogen (secondary N) is 1. The summed E-state index contributed by atoms with van der Waals surface area (Å²) >= 11 is 0. The summed E-state index contributed by atoms with van der Waals surface area (Å²) in [5, 5.41) is 28.4. The van der Waals surface area contributed by atoms with Gasteiger partial charge >= 0.3 is 0 Å². The highest BCUT2D eigenvalue weighted by molar-refractivity contribution is 5.22. The number of hydrogen-bond donors (Lipinski definition) is 4. The van der Waals surface area contributed by atoms with Crippen LogP contribution in [0, 0.1) is 6.92 Å². The third-order valence-corrected chi connectivity index (χ3v) is 2.93. The van der Waals surface area contributed by atoms with Gasteiger partial charge in [-0.3, -0.25) is 4.79 Å². The van der Waals surface area contributed by atoms with E-state index >= 15 is 0 Å². The van der Waals surface area contributed by atoms with Crippen LogP contribution in [0.4, 0.5) is 0 Å². The minimum Gasteiger partial charge on any atom is -0.394 e. The number of aromatic nitrogens is 1. The molecule has 1 aliphatic rings. The summed E-state index contributed by atoms with van der Waals surface area (Å²) in [5.41, 5.74) is 0.704. The molecule has 0 aromatic carbocycles. The van der Waals surface area contributed by atoms with Gasteiger partial charge in [0.15, 0.2) is 0 Å². The fraction of sp³-hybridized carbons (Fsp3) is 0.545. The summed E-state index contributed by atoms with van der Waals surface area (Å²) in [5.74, 6) is 0. The van der Waals surface area contributed by atoms with Gasteiger partial charge in [-0.1, -0.05) is 0 Å². The maximum absolute atomic E-state index is 11.6. The van der Waals surface area contributed by atoms with Crippen molar-refractivity contribution >= 4 is 0 Å². The monoisotopic (exact) mass is 241 g/mol. The van der Waals surface area contributed by atoms with Crippen molar-refractivity contribution < 1.29 is 20.1 Å². The van der Waals surface area contributed by atoms with Crippen LogP contribution >= 0.6 is 0 Å². The van der Waals surface area contributed by atoms with E-state index in [1.165, 1.54) is 0 Å². The van der Waals surface area contributed by atoms with Gasteiger partial charge in [0.25, 0.3) is 5.56 Å². The van der Waals surface area contributed by atoms with E-state index in [0.29, 0.717) is 0 Å². The molecule has 17 heavy (non-hydrogen) atoms. The van der Waals surface area contributed by atoms with Crippen LogP contribution in [-0.4, -0.2) is 45.2 Å². The highest BCUT2D eigenvalue weighted by Gasteiger charge is 2.43. The molecule has 1 fully saturated rings. The maximum atomic E-state index is 11.6. The van der Waals surface area contributed by atoms with Crippen molar-refractivity contribution in [2.24, 2.45) is 0 Å². The molecule has 6 nitrogen and oxygen atoms in total. The van der Waals surface area contributed by atoms with Crippen molar-refractivity contribution in [2.45, 2.75) is 31.3 Å². The summed E-state index contributed by atoms with van der Waals surface area (Å²) in [6, 6.07) is 1.60. The summed E-state index contributed by atoms with van der Waals surface area (Å²) < 4.78 is 5.29. The molecular weight excluding hydrogens is 226 g/mol. The first-order valence-corrected chi connectivity index (χ1v) is 5.36.